The van der Waals surface area contributed by atoms with Gasteiger partial charge in [0.15, 0.2) is 4.67 Å². The molecule has 0 spiro atoms. The van der Waals surface area contributed by atoms with Crippen molar-refractivity contribution >= 4 is 21.8 Å². The predicted octanol–water partition coefficient (Wildman–Crippen LogP) is 2.18. The van der Waals surface area contributed by atoms with Gasteiger partial charge < -0.3 is 14.8 Å². The molecular formula is C11H16BrNO3. The highest BCUT2D eigenvalue weighted by molar-refractivity contribution is 9.10. The fourth-order valence-corrected chi connectivity index (χ4v) is 1.79. The molecule has 0 aliphatic carbocycles. The van der Waals surface area contributed by atoms with E-state index < -0.39 is 0 Å². The molecule has 0 aliphatic rings. The van der Waals surface area contributed by atoms with Gasteiger partial charge in [0.25, 0.3) is 5.91 Å². The van der Waals surface area contributed by atoms with E-state index in [0.29, 0.717) is 16.2 Å². The van der Waals surface area contributed by atoms with Crippen molar-refractivity contribution in [1.82, 2.24) is 5.32 Å². The predicted molar refractivity (Wildman–Crippen MR) is 64.2 cm³/mol. The van der Waals surface area contributed by atoms with E-state index in [4.69, 9.17) is 9.52 Å². The van der Waals surface area contributed by atoms with Gasteiger partial charge in [0, 0.05) is 6.07 Å². The van der Waals surface area contributed by atoms with Gasteiger partial charge in [-0.05, 0) is 28.3 Å². The van der Waals surface area contributed by atoms with E-state index in [0.717, 1.165) is 6.42 Å². The molecule has 1 aromatic rings. The summed E-state index contributed by atoms with van der Waals surface area (Å²) in [6.45, 7) is 4.04. The van der Waals surface area contributed by atoms with Gasteiger partial charge in [0.2, 0.25) is 0 Å². The second-order valence-corrected chi connectivity index (χ2v) is 4.90. The summed E-state index contributed by atoms with van der Waals surface area (Å²) in [5.41, 5.74) is 0.453. The molecule has 1 atom stereocenters. The third-order valence-corrected chi connectivity index (χ3v) is 2.56. The van der Waals surface area contributed by atoms with Crippen LogP contribution < -0.4 is 5.32 Å². The highest BCUT2D eigenvalue weighted by Crippen LogP contribution is 2.14. The van der Waals surface area contributed by atoms with E-state index in [2.05, 4.69) is 21.2 Å². The van der Waals surface area contributed by atoms with Crippen molar-refractivity contribution in [3.63, 3.8) is 0 Å². The first kappa shape index (κ1) is 13.3. The van der Waals surface area contributed by atoms with Crippen LogP contribution in [0.3, 0.4) is 0 Å². The van der Waals surface area contributed by atoms with Crippen molar-refractivity contribution in [3.8, 4) is 0 Å². The molecule has 1 heterocycles. The van der Waals surface area contributed by atoms with Gasteiger partial charge in [-0.25, -0.2) is 0 Å². The first-order valence-electron chi connectivity index (χ1n) is 5.18. The number of hydrogen-bond donors (Lipinski definition) is 2. The number of nitrogens with one attached hydrogen (secondary N) is 1. The number of halogens is 1. The normalized spacial score (nSPS) is 12.8. The number of furan rings is 1. The number of hydrogen-bond acceptors (Lipinski definition) is 3. The third kappa shape index (κ3) is 3.98. The molecular weight excluding hydrogens is 274 g/mol. The minimum absolute atomic E-state index is 0.0526. The fraction of sp³-hybridized carbons (Fsp3) is 0.545. The van der Waals surface area contributed by atoms with Crippen molar-refractivity contribution < 1.29 is 14.3 Å². The Labute approximate surface area is 103 Å². The molecule has 2 N–H and O–H groups in total. The molecule has 0 aliphatic heterocycles. The zero-order valence-electron chi connectivity index (χ0n) is 9.37. The largest absolute Gasteiger partial charge is 0.457 e. The van der Waals surface area contributed by atoms with Crippen LogP contribution in [0.15, 0.2) is 21.4 Å². The Morgan fingerprint density at radius 2 is 2.31 bits per heavy atom. The molecule has 90 valence electrons. The van der Waals surface area contributed by atoms with Gasteiger partial charge in [-0.3, -0.25) is 4.79 Å². The van der Waals surface area contributed by atoms with Gasteiger partial charge in [0.1, 0.15) is 6.26 Å². The first-order valence-corrected chi connectivity index (χ1v) is 5.98. The smallest absolute Gasteiger partial charge is 0.254 e. The maximum atomic E-state index is 11.7. The second-order valence-electron chi connectivity index (χ2n) is 4.12. The molecule has 1 unspecified atom stereocenters. The van der Waals surface area contributed by atoms with E-state index >= 15 is 0 Å². The molecule has 5 heteroatoms. The van der Waals surface area contributed by atoms with Crippen LogP contribution >= 0.6 is 15.9 Å². The number of aliphatic hydroxyl groups excluding tert-OH is 1. The van der Waals surface area contributed by atoms with Crippen LogP contribution in [0.25, 0.3) is 0 Å². The van der Waals surface area contributed by atoms with Crippen molar-refractivity contribution in [2.75, 3.05) is 6.61 Å². The van der Waals surface area contributed by atoms with Crippen molar-refractivity contribution in [1.29, 1.82) is 0 Å². The molecule has 0 bridgehead atoms. The van der Waals surface area contributed by atoms with Crippen LogP contribution in [0.4, 0.5) is 0 Å². The summed E-state index contributed by atoms with van der Waals surface area (Å²) in [5.74, 6) is 0.197. The van der Waals surface area contributed by atoms with E-state index in [9.17, 15) is 4.79 Å². The average Bonchev–Trinajstić information content (AvgIpc) is 2.63. The van der Waals surface area contributed by atoms with Crippen LogP contribution in [-0.2, 0) is 0 Å². The van der Waals surface area contributed by atoms with E-state index in [1.165, 1.54) is 6.26 Å². The molecule has 1 amide bonds. The quantitative estimate of drug-likeness (QED) is 0.873. The summed E-state index contributed by atoms with van der Waals surface area (Å²) < 4.78 is 5.49. The maximum Gasteiger partial charge on any atom is 0.254 e. The highest BCUT2D eigenvalue weighted by Gasteiger charge is 2.15. The standard InChI is InChI=1S/C11H16BrNO3/c1-7(2)3-9(5-14)13-11(15)8-4-10(12)16-6-8/h4,6-7,9,14H,3,5H2,1-2H3,(H,13,15). The Kier molecular flexibility index (Phi) is 5.02. The lowest BCUT2D eigenvalue weighted by atomic mass is 10.0. The van der Waals surface area contributed by atoms with Gasteiger partial charge in [0.05, 0.1) is 18.2 Å². The molecule has 0 saturated carbocycles. The van der Waals surface area contributed by atoms with E-state index in [1.54, 1.807) is 6.07 Å². The summed E-state index contributed by atoms with van der Waals surface area (Å²) in [7, 11) is 0. The molecule has 0 saturated heterocycles. The molecule has 0 aromatic carbocycles. The summed E-state index contributed by atoms with van der Waals surface area (Å²) in [5, 5.41) is 11.9. The van der Waals surface area contributed by atoms with Gasteiger partial charge >= 0.3 is 0 Å². The number of aliphatic hydroxyl groups is 1. The Balaban J connectivity index is 2.55. The van der Waals surface area contributed by atoms with Crippen LogP contribution in [0.2, 0.25) is 0 Å². The lowest BCUT2D eigenvalue weighted by molar-refractivity contribution is 0.0907. The first-order chi connectivity index (χ1) is 7.52. The van der Waals surface area contributed by atoms with Crippen LogP contribution in [-0.4, -0.2) is 23.7 Å². The SMILES string of the molecule is CC(C)CC(CO)NC(=O)c1coc(Br)c1. The minimum Gasteiger partial charge on any atom is -0.457 e. The number of amides is 1. The molecule has 4 nitrogen and oxygen atoms in total. The second kappa shape index (κ2) is 6.06. The van der Waals surface area contributed by atoms with Crippen molar-refractivity contribution in [3.05, 3.63) is 22.6 Å². The summed E-state index contributed by atoms with van der Waals surface area (Å²) >= 11 is 3.13. The lowest BCUT2D eigenvalue weighted by Gasteiger charge is -2.17. The fourth-order valence-electron chi connectivity index (χ4n) is 1.45. The number of carbonyl (C=O) groups excluding carboxylic acids is 1. The molecule has 0 radical (unpaired) electrons. The van der Waals surface area contributed by atoms with E-state index in [1.807, 2.05) is 13.8 Å². The van der Waals surface area contributed by atoms with Crippen molar-refractivity contribution in [2.45, 2.75) is 26.3 Å². The van der Waals surface area contributed by atoms with Gasteiger partial charge in [-0.1, -0.05) is 13.8 Å². The highest BCUT2D eigenvalue weighted by atomic mass is 79.9. The van der Waals surface area contributed by atoms with Crippen molar-refractivity contribution in [2.24, 2.45) is 5.92 Å². The topological polar surface area (TPSA) is 62.5 Å². The van der Waals surface area contributed by atoms with E-state index in [-0.39, 0.29) is 18.6 Å². The summed E-state index contributed by atoms with van der Waals surface area (Å²) in [6, 6.07) is 1.39. The maximum absolute atomic E-state index is 11.7. The Bertz CT molecular complexity index is 349. The Morgan fingerprint density at radius 3 is 2.75 bits per heavy atom. The van der Waals surface area contributed by atoms with Gasteiger partial charge in [-0.2, -0.15) is 0 Å². The number of carbonyl (C=O) groups is 1. The summed E-state index contributed by atoms with van der Waals surface area (Å²) in [4.78, 5) is 11.7. The molecule has 1 rings (SSSR count). The number of rotatable bonds is 5. The molecule has 16 heavy (non-hydrogen) atoms. The Hall–Kier alpha value is -0.810. The van der Waals surface area contributed by atoms with Crippen LogP contribution in [0.5, 0.6) is 0 Å². The third-order valence-electron chi connectivity index (χ3n) is 2.14. The Morgan fingerprint density at radius 1 is 1.62 bits per heavy atom. The summed E-state index contributed by atoms with van der Waals surface area (Å²) in [6.07, 6.45) is 2.13. The zero-order valence-corrected chi connectivity index (χ0v) is 11.0. The van der Waals surface area contributed by atoms with Crippen LogP contribution in [0.1, 0.15) is 30.6 Å². The lowest BCUT2D eigenvalue weighted by Crippen LogP contribution is -2.38. The van der Waals surface area contributed by atoms with Gasteiger partial charge in [-0.15, -0.1) is 0 Å². The average molecular weight is 290 g/mol. The molecule has 1 aromatic heterocycles. The zero-order chi connectivity index (χ0) is 12.1. The monoisotopic (exact) mass is 289 g/mol. The van der Waals surface area contributed by atoms with Crippen LogP contribution in [0, 0.1) is 5.92 Å². The minimum atomic E-state index is -0.228. The molecule has 0 fully saturated rings.